The van der Waals surface area contributed by atoms with Crippen LogP contribution in [0.4, 0.5) is 5.69 Å². The Kier molecular flexibility index (Phi) is 5.76. The molecule has 0 unspecified atom stereocenters. The Hall–Kier alpha value is -2.53. The molecule has 0 N–H and O–H groups in total. The van der Waals surface area contributed by atoms with Gasteiger partial charge in [0.2, 0.25) is 5.91 Å². The maximum absolute atomic E-state index is 12.9. The molecule has 1 saturated heterocycles. The number of morpholine rings is 1. The van der Waals surface area contributed by atoms with Crippen LogP contribution in [-0.2, 0) is 16.0 Å². The zero-order chi connectivity index (χ0) is 20.4. The number of rotatable bonds is 4. The molecule has 2 aromatic carbocycles. The average Bonchev–Trinajstić information content (AvgIpc) is 2.78. The minimum atomic E-state index is -0.0640. The van der Waals surface area contributed by atoms with Crippen LogP contribution in [0.15, 0.2) is 42.5 Å². The number of amides is 1. The van der Waals surface area contributed by atoms with Crippen molar-refractivity contribution in [3.8, 4) is 5.75 Å². The van der Waals surface area contributed by atoms with E-state index in [1.807, 2.05) is 13.0 Å². The van der Waals surface area contributed by atoms with Crippen LogP contribution in [0.2, 0.25) is 0 Å². The summed E-state index contributed by atoms with van der Waals surface area (Å²) in [4.78, 5) is 17.3. The largest absolute Gasteiger partial charge is 0.497 e. The smallest absolute Gasteiger partial charge is 0.223 e. The van der Waals surface area contributed by atoms with Crippen molar-refractivity contribution in [2.24, 2.45) is 0 Å². The van der Waals surface area contributed by atoms with Crippen LogP contribution in [0, 0.1) is 0 Å². The van der Waals surface area contributed by atoms with E-state index in [1.54, 1.807) is 7.11 Å². The first kappa shape index (κ1) is 19.8. The number of anilines is 1. The Morgan fingerprint density at radius 1 is 1.14 bits per heavy atom. The fourth-order valence-electron chi connectivity index (χ4n) is 4.58. The van der Waals surface area contributed by atoms with E-state index < -0.39 is 0 Å². The van der Waals surface area contributed by atoms with Gasteiger partial charge in [0.05, 0.1) is 26.4 Å². The van der Waals surface area contributed by atoms with Crippen LogP contribution < -0.4 is 9.64 Å². The van der Waals surface area contributed by atoms with E-state index in [9.17, 15) is 4.79 Å². The third-order valence-corrected chi connectivity index (χ3v) is 6.09. The lowest BCUT2D eigenvalue weighted by Crippen LogP contribution is -2.46. The molecule has 0 saturated carbocycles. The summed E-state index contributed by atoms with van der Waals surface area (Å²) >= 11 is 0. The summed E-state index contributed by atoms with van der Waals surface area (Å²) in [5.74, 6) is 1.06. The minimum absolute atomic E-state index is 0.0640. The molecule has 29 heavy (non-hydrogen) atoms. The molecular weight excluding hydrogens is 364 g/mol. The molecule has 4 rings (SSSR count). The van der Waals surface area contributed by atoms with Crippen molar-refractivity contribution in [2.45, 2.75) is 38.8 Å². The number of carbonyl (C=O) groups excluding carboxylic acids is 1. The Morgan fingerprint density at radius 2 is 1.86 bits per heavy atom. The highest BCUT2D eigenvalue weighted by molar-refractivity contribution is 5.78. The first-order chi connectivity index (χ1) is 14.1. The van der Waals surface area contributed by atoms with Gasteiger partial charge in [-0.15, -0.1) is 0 Å². The summed E-state index contributed by atoms with van der Waals surface area (Å²) in [6, 6.07) is 15.0. The van der Waals surface area contributed by atoms with Crippen molar-refractivity contribution >= 4 is 11.6 Å². The Morgan fingerprint density at radius 3 is 2.52 bits per heavy atom. The minimum Gasteiger partial charge on any atom is -0.497 e. The van der Waals surface area contributed by atoms with Gasteiger partial charge in [-0.2, -0.15) is 0 Å². The monoisotopic (exact) mass is 394 g/mol. The van der Waals surface area contributed by atoms with Crippen molar-refractivity contribution in [1.82, 2.24) is 4.90 Å². The molecule has 1 fully saturated rings. The molecule has 2 heterocycles. The molecule has 2 aromatic rings. The van der Waals surface area contributed by atoms with Crippen molar-refractivity contribution in [2.75, 3.05) is 38.3 Å². The molecule has 2 aliphatic heterocycles. The number of nitrogens with zero attached hydrogens (tertiary/aromatic N) is 2. The molecule has 0 spiro atoms. The van der Waals surface area contributed by atoms with Crippen molar-refractivity contribution < 1.29 is 14.3 Å². The molecular formula is C24H30N2O3. The lowest BCUT2D eigenvalue weighted by atomic mass is 9.84. The predicted octanol–water partition coefficient (Wildman–Crippen LogP) is 3.80. The van der Waals surface area contributed by atoms with Crippen LogP contribution in [0.3, 0.4) is 0 Å². The number of ether oxygens (including phenoxy) is 2. The number of carbonyl (C=O) groups is 1. The maximum atomic E-state index is 12.9. The lowest BCUT2D eigenvalue weighted by Gasteiger charge is -2.42. The van der Waals surface area contributed by atoms with Gasteiger partial charge in [0.1, 0.15) is 5.75 Å². The fraction of sp³-hybridized carbons (Fsp3) is 0.458. The van der Waals surface area contributed by atoms with Gasteiger partial charge in [-0.05, 0) is 54.3 Å². The second-order valence-corrected chi connectivity index (χ2v) is 7.87. The Bertz CT molecular complexity index is 859. The molecule has 2 aliphatic rings. The van der Waals surface area contributed by atoms with Gasteiger partial charge in [-0.3, -0.25) is 4.79 Å². The van der Waals surface area contributed by atoms with E-state index in [0.717, 1.165) is 44.0 Å². The highest BCUT2D eigenvalue weighted by atomic mass is 16.5. The van der Waals surface area contributed by atoms with Crippen molar-refractivity contribution in [3.05, 3.63) is 59.2 Å². The van der Waals surface area contributed by atoms with Gasteiger partial charge >= 0.3 is 0 Å². The predicted molar refractivity (Wildman–Crippen MR) is 115 cm³/mol. The molecule has 0 aliphatic carbocycles. The van der Waals surface area contributed by atoms with Crippen LogP contribution >= 0.6 is 0 Å². The first-order valence-electron chi connectivity index (χ1n) is 10.5. The van der Waals surface area contributed by atoms with Crippen LogP contribution in [-0.4, -0.2) is 50.3 Å². The molecule has 154 valence electrons. The fourth-order valence-corrected chi connectivity index (χ4v) is 4.58. The molecule has 1 amide bonds. The quantitative estimate of drug-likeness (QED) is 0.791. The average molecular weight is 395 g/mol. The van der Waals surface area contributed by atoms with Gasteiger partial charge in [0, 0.05) is 31.2 Å². The first-order valence-corrected chi connectivity index (χ1v) is 10.5. The van der Waals surface area contributed by atoms with Crippen molar-refractivity contribution in [3.63, 3.8) is 0 Å². The molecule has 5 nitrogen and oxygen atoms in total. The van der Waals surface area contributed by atoms with Crippen LogP contribution in [0.1, 0.15) is 43.0 Å². The molecule has 0 radical (unpaired) electrons. The number of methoxy groups -OCH3 is 1. The number of hydrogen-bond acceptors (Lipinski definition) is 4. The van der Waals surface area contributed by atoms with Gasteiger partial charge in [-0.1, -0.05) is 25.1 Å². The standard InChI is InChI=1S/C24H30N2O3/c1-4-23(27)26-17(2)15-19-16-21(28-3)9-10-22(19)24(26)18-5-7-20(8-6-18)25-11-13-29-14-12-25/h5-10,16-17,24H,4,11-15H2,1-3H3/t17-,24-/m0/s1. The zero-order valence-corrected chi connectivity index (χ0v) is 17.6. The summed E-state index contributed by atoms with van der Waals surface area (Å²) < 4.78 is 10.9. The van der Waals surface area contributed by atoms with E-state index in [2.05, 4.69) is 53.1 Å². The SMILES string of the molecule is CCC(=O)N1[C@@H](c2ccc(N3CCOCC3)cc2)c2ccc(OC)cc2C[C@@H]1C. The van der Waals surface area contributed by atoms with Crippen LogP contribution in [0.5, 0.6) is 5.75 Å². The second kappa shape index (κ2) is 8.46. The summed E-state index contributed by atoms with van der Waals surface area (Å²) in [6.07, 6.45) is 1.36. The summed E-state index contributed by atoms with van der Waals surface area (Å²) in [7, 11) is 1.70. The Labute approximate surface area is 173 Å². The highest BCUT2D eigenvalue weighted by Gasteiger charge is 2.35. The van der Waals surface area contributed by atoms with E-state index in [4.69, 9.17) is 9.47 Å². The molecule has 0 aromatic heterocycles. The van der Waals surface area contributed by atoms with E-state index in [1.165, 1.54) is 16.8 Å². The molecule has 5 heteroatoms. The van der Waals surface area contributed by atoms with Gasteiger partial charge < -0.3 is 19.3 Å². The zero-order valence-electron chi connectivity index (χ0n) is 17.6. The normalized spacial score (nSPS) is 21.6. The molecule has 0 bridgehead atoms. The third kappa shape index (κ3) is 3.84. The maximum Gasteiger partial charge on any atom is 0.223 e. The van der Waals surface area contributed by atoms with Gasteiger partial charge in [0.15, 0.2) is 0 Å². The van der Waals surface area contributed by atoms with Gasteiger partial charge in [-0.25, -0.2) is 0 Å². The number of hydrogen-bond donors (Lipinski definition) is 0. The van der Waals surface area contributed by atoms with Gasteiger partial charge in [0.25, 0.3) is 0 Å². The summed E-state index contributed by atoms with van der Waals surface area (Å²) in [6.45, 7) is 7.47. The van der Waals surface area contributed by atoms with E-state index in [-0.39, 0.29) is 18.0 Å². The topological polar surface area (TPSA) is 42.0 Å². The molecule has 2 atom stereocenters. The third-order valence-electron chi connectivity index (χ3n) is 6.09. The lowest BCUT2D eigenvalue weighted by molar-refractivity contribution is -0.135. The summed E-state index contributed by atoms with van der Waals surface area (Å²) in [5, 5.41) is 0. The number of fused-ring (bicyclic) bond motifs is 1. The van der Waals surface area contributed by atoms with Crippen molar-refractivity contribution in [1.29, 1.82) is 0 Å². The Balaban J connectivity index is 1.72. The second-order valence-electron chi connectivity index (χ2n) is 7.87. The van der Waals surface area contributed by atoms with E-state index >= 15 is 0 Å². The number of benzene rings is 2. The van der Waals surface area contributed by atoms with E-state index in [0.29, 0.717) is 6.42 Å². The summed E-state index contributed by atoms with van der Waals surface area (Å²) in [5.41, 5.74) is 4.83. The van der Waals surface area contributed by atoms with Crippen LogP contribution in [0.25, 0.3) is 0 Å². The highest BCUT2D eigenvalue weighted by Crippen LogP contribution is 2.40.